The number of aliphatic carboxylic acids is 1. The van der Waals surface area contributed by atoms with E-state index in [1.54, 1.807) is 6.07 Å². The molecule has 0 atom stereocenters. The lowest BCUT2D eigenvalue weighted by atomic mass is 10.0. The Balaban J connectivity index is 2.31. The van der Waals surface area contributed by atoms with Gasteiger partial charge in [-0.3, -0.25) is 9.59 Å². The maximum atomic E-state index is 13.4. The fourth-order valence-corrected chi connectivity index (χ4v) is 2.84. The van der Waals surface area contributed by atoms with Gasteiger partial charge in [-0.15, -0.1) is 0 Å². The van der Waals surface area contributed by atoms with Crippen LogP contribution in [0.1, 0.15) is 24.8 Å². The maximum absolute atomic E-state index is 13.4. The standard InChI is InChI=1S/C18H20F3NO4/c19-18(20,21)15(13-4-2-1-3-5-13)12-16(23)22(9-6-17(24)25)14-7-10-26-11-8-14/h1-5,12,14H,6-11H2,(H,24,25)/b15-12-. The molecule has 26 heavy (non-hydrogen) atoms. The predicted molar refractivity (Wildman–Crippen MR) is 88.3 cm³/mol. The normalized spacial score (nSPS) is 16.3. The summed E-state index contributed by atoms with van der Waals surface area (Å²) in [4.78, 5) is 24.7. The highest BCUT2D eigenvalue weighted by atomic mass is 19.4. The van der Waals surface area contributed by atoms with Crippen molar-refractivity contribution in [3.8, 4) is 0 Å². The average molecular weight is 371 g/mol. The van der Waals surface area contributed by atoms with Gasteiger partial charge in [0.1, 0.15) is 0 Å². The topological polar surface area (TPSA) is 66.8 Å². The van der Waals surface area contributed by atoms with Crippen molar-refractivity contribution in [1.29, 1.82) is 0 Å². The number of allylic oxidation sites excluding steroid dienone is 1. The molecule has 1 fully saturated rings. The fourth-order valence-electron chi connectivity index (χ4n) is 2.84. The molecule has 0 saturated carbocycles. The van der Waals surface area contributed by atoms with E-state index in [4.69, 9.17) is 9.84 Å². The van der Waals surface area contributed by atoms with Crippen LogP contribution in [0.15, 0.2) is 36.4 Å². The van der Waals surface area contributed by atoms with Gasteiger partial charge in [-0.1, -0.05) is 30.3 Å². The molecule has 142 valence electrons. The highest BCUT2D eigenvalue weighted by molar-refractivity contribution is 5.96. The van der Waals surface area contributed by atoms with Crippen molar-refractivity contribution in [2.45, 2.75) is 31.5 Å². The first-order valence-electron chi connectivity index (χ1n) is 8.23. The van der Waals surface area contributed by atoms with Gasteiger partial charge in [0.05, 0.1) is 12.0 Å². The molecule has 0 unspecified atom stereocenters. The number of carbonyl (C=O) groups is 2. The third-order valence-electron chi connectivity index (χ3n) is 4.14. The number of carbonyl (C=O) groups excluding carboxylic acids is 1. The Morgan fingerprint density at radius 1 is 1.19 bits per heavy atom. The molecule has 0 bridgehead atoms. The number of benzene rings is 1. The summed E-state index contributed by atoms with van der Waals surface area (Å²) in [5.74, 6) is -1.95. The van der Waals surface area contributed by atoms with Crippen LogP contribution in [-0.4, -0.2) is 53.9 Å². The Labute approximate surface area is 149 Å². The first-order valence-corrected chi connectivity index (χ1v) is 8.23. The Hall–Kier alpha value is -2.35. The summed E-state index contributed by atoms with van der Waals surface area (Å²) < 4.78 is 45.5. The molecule has 8 heteroatoms. The van der Waals surface area contributed by atoms with Crippen LogP contribution in [0, 0.1) is 0 Å². The summed E-state index contributed by atoms with van der Waals surface area (Å²) in [5.41, 5.74) is -1.16. The van der Waals surface area contributed by atoms with Crippen molar-refractivity contribution in [2.75, 3.05) is 19.8 Å². The number of amides is 1. The van der Waals surface area contributed by atoms with Crippen molar-refractivity contribution < 1.29 is 32.6 Å². The molecular weight excluding hydrogens is 351 g/mol. The van der Waals surface area contributed by atoms with E-state index in [1.165, 1.54) is 29.2 Å². The van der Waals surface area contributed by atoms with E-state index in [0.717, 1.165) is 0 Å². The molecule has 1 aliphatic rings. The summed E-state index contributed by atoms with van der Waals surface area (Å²) in [7, 11) is 0. The van der Waals surface area contributed by atoms with Gasteiger partial charge in [0.25, 0.3) is 0 Å². The zero-order valence-corrected chi connectivity index (χ0v) is 14.0. The van der Waals surface area contributed by atoms with Crippen molar-refractivity contribution in [1.82, 2.24) is 4.90 Å². The molecule has 1 N–H and O–H groups in total. The molecule has 1 saturated heterocycles. The van der Waals surface area contributed by atoms with Crippen LogP contribution in [0.3, 0.4) is 0 Å². The molecule has 0 radical (unpaired) electrons. The van der Waals surface area contributed by atoms with Gasteiger partial charge in [0, 0.05) is 31.9 Å². The SMILES string of the molecule is O=C(O)CCN(C(=O)/C=C(/c1ccccc1)C(F)(F)F)C1CCOCC1. The van der Waals surface area contributed by atoms with E-state index in [0.29, 0.717) is 32.1 Å². The lowest BCUT2D eigenvalue weighted by molar-refractivity contribution is -0.139. The smallest absolute Gasteiger partial charge is 0.417 e. The molecule has 1 aromatic rings. The highest BCUT2D eigenvalue weighted by Crippen LogP contribution is 2.34. The molecule has 2 rings (SSSR count). The van der Waals surface area contributed by atoms with E-state index < -0.39 is 23.6 Å². The number of alkyl halides is 3. The van der Waals surface area contributed by atoms with E-state index in [9.17, 15) is 22.8 Å². The highest BCUT2D eigenvalue weighted by Gasteiger charge is 2.36. The molecule has 5 nitrogen and oxygen atoms in total. The number of hydrogen-bond acceptors (Lipinski definition) is 3. The van der Waals surface area contributed by atoms with Gasteiger partial charge in [-0.2, -0.15) is 13.2 Å². The van der Waals surface area contributed by atoms with Crippen LogP contribution < -0.4 is 0 Å². The van der Waals surface area contributed by atoms with Gasteiger partial charge in [0.15, 0.2) is 0 Å². The maximum Gasteiger partial charge on any atom is 0.417 e. The number of ether oxygens (including phenoxy) is 1. The van der Waals surface area contributed by atoms with Gasteiger partial charge < -0.3 is 14.7 Å². The quantitative estimate of drug-likeness (QED) is 0.781. The largest absolute Gasteiger partial charge is 0.481 e. The van der Waals surface area contributed by atoms with Crippen molar-refractivity contribution >= 4 is 17.4 Å². The van der Waals surface area contributed by atoms with E-state index in [1.807, 2.05) is 0 Å². The Morgan fingerprint density at radius 2 is 1.81 bits per heavy atom. The average Bonchev–Trinajstić information content (AvgIpc) is 2.60. The number of nitrogens with zero attached hydrogens (tertiary/aromatic N) is 1. The van der Waals surface area contributed by atoms with Crippen LogP contribution in [0.5, 0.6) is 0 Å². The lowest BCUT2D eigenvalue weighted by Gasteiger charge is -2.33. The molecular formula is C18H20F3NO4. The zero-order chi connectivity index (χ0) is 19.2. The molecule has 1 amide bonds. The summed E-state index contributed by atoms with van der Waals surface area (Å²) in [6.45, 7) is 0.626. The predicted octanol–water partition coefficient (Wildman–Crippen LogP) is 3.11. The second kappa shape index (κ2) is 8.84. The first-order chi connectivity index (χ1) is 12.3. The summed E-state index contributed by atoms with van der Waals surface area (Å²) in [6, 6.07) is 6.73. The lowest BCUT2D eigenvalue weighted by Crippen LogP contribution is -2.44. The van der Waals surface area contributed by atoms with Gasteiger partial charge in [-0.25, -0.2) is 0 Å². The second-order valence-electron chi connectivity index (χ2n) is 5.94. The van der Waals surface area contributed by atoms with E-state index >= 15 is 0 Å². The zero-order valence-electron chi connectivity index (χ0n) is 14.0. The summed E-state index contributed by atoms with van der Waals surface area (Å²) in [6.07, 6.45) is -3.54. The second-order valence-corrected chi connectivity index (χ2v) is 5.94. The van der Waals surface area contributed by atoms with Crippen LogP contribution in [0.2, 0.25) is 0 Å². The minimum Gasteiger partial charge on any atom is -0.481 e. The van der Waals surface area contributed by atoms with Crippen molar-refractivity contribution in [3.63, 3.8) is 0 Å². The third-order valence-corrected chi connectivity index (χ3v) is 4.14. The van der Waals surface area contributed by atoms with Gasteiger partial charge in [-0.05, 0) is 18.4 Å². The van der Waals surface area contributed by atoms with Crippen LogP contribution in [-0.2, 0) is 14.3 Å². The Bertz CT molecular complexity index is 652. The third kappa shape index (κ3) is 5.59. The minimum atomic E-state index is -4.70. The number of hydrogen-bond donors (Lipinski definition) is 1. The van der Waals surface area contributed by atoms with Crippen LogP contribution >= 0.6 is 0 Å². The van der Waals surface area contributed by atoms with Crippen molar-refractivity contribution in [2.24, 2.45) is 0 Å². The van der Waals surface area contributed by atoms with Crippen molar-refractivity contribution in [3.05, 3.63) is 42.0 Å². The molecule has 1 aliphatic heterocycles. The molecule has 0 spiro atoms. The molecule has 0 aromatic heterocycles. The van der Waals surface area contributed by atoms with Crippen LogP contribution in [0.4, 0.5) is 13.2 Å². The van der Waals surface area contributed by atoms with Crippen LogP contribution in [0.25, 0.3) is 5.57 Å². The number of carboxylic acid groups (broad SMARTS) is 1. The number of rotatable bonds is 6. The van der Waals surface area contributed by atoms with Gasteiger partial charge >= 0.3 is 12.1 Å². The monoisotopic (exact) mass is 371 g/mol. The fraction of sp³-hybridized carbons (Fsp3) is 0.444. The summed E-state index contributed by atoms with van der Waals surface area (Å²) in [5, 5.41) is 8.87. The molecule has 0 aliphatic carbocycles. The van der Waals surface area contributed by atoms with E-state index in [-0.39, 0.29) is 24.6 Å². The Kier molecular flexibility index (Phi) is 6.79. The first kappa shape index (κ1) is 20.0. The molecule has 1 heterocycles. The Morgan fingerprint density at radius 3 is 2.35 bits per heavy atom. The minimum absolute atomic E-state index is 0.112. The van der Waals surface area contributed by atoms with Gasteiger partial charge in [0.2, 0.25) is 5.91 Å². The van der Waals surface area contributed by atoms with E-state index in [2.05, 4.69) is 0 Å². The molecule has 1 aromatic carbocycles. The number of carboxylic acids is 1. The summed E-state index contributed by atoms with van der Waals surface area (Å²) >= 11 is 0. The number of halogens is 3.